The van der Waals surface area contributed by atoms with Crippen molar-refractivity contribution in [3.8, 4) is 0 Å². The van der Waals surface area contributed by atoms with E-state index < -0.39 is 97.5 Å². The molecule has 0 saturated carbocycles. The molecule has 0 fully saturated rings. The van der Waals surface area contributed by atoms with Crippen molar-refractivity contribution in [3.63, 3.8) is 0 Å². The molecule has 0 rings (SSSR count). The second-order valence-corrected chi connectivity index (χ2v) is 26.4. The van der Waals surface area contributed by atoms with E-state index >= 15 is 0 Å². The van der Waals surface area contributed by atoms with Gasteiger partial charge in [0.2, 0.25) is 0 Å². The van der Waals surface area contributed by atoms with Crippen LogP contribution in [0.4, 0.5) is 0 Å². The fourth-order valence-corrected chi connectivity index (χ4v) is 10.9. The maximum Gasteiger partial charge on any atom is 0.472 e. The Bertz CT molecular complexity index is 1620. The monoisotopic (exact) mass is 1210 g/mol. The molecular formula is C63H122O17P2. The van der Waals surface area contributed by atoms with Gasteiger partial charge in [0.15, 0.2) is 12.2 Å². The van der Waals surface area contributed by atoms with Gasteiger partial charge in [-0.1, -0.05) is 260 Å². The molecule has 3 N–H and O–H groups in total. The Morgan fingerprint density at radius 1 is 0.354 bits per heavy atom. The number of aliphatic hydroxyl groups excluding tert-OH is 1. The lowest BCUT2D eigenvalue weighted by atomic mass is 10.00. The van der Waals surface area contributed by atoms with Gasteiger partial charge < -0.3 is 33.8 Å². The Kier molecular flexibility index (Phi) is 54.3. The van der Waals surface area contributed by atoms with E-state index in [0.29, 0.717) is 25.7 Å². The summed E-state index contributed by atoms with van der Waals surface area (Å²) in [5.74, 6) is -0.615. The van der Waals surface area contributed by atoms with Crippen LogP contribution in [-0.2, 0) is 65.4 Å². The van der Waals surface area contributed by atoms with Gasteiger partial charge in [-0.25, -0.2) is 9.13 Å². The first-order valence-electron chi connectivity index (χ1n) is 33.0. The highest BCUT2D eigenvalue weighted by atomic mass is 31.2. The van der Waals surface area contributed by atoms with Crippen molar-refractivity contribution in [2.45, 2.75) is 330 Å². The molecule has 17 nitrogen and oxygen atoms in total. The van der Waals surface area contributed by atoms with E-state index in [-0.39, 0.29) is 25.7 Å². The van der Waals surface area contributed by atoms with Gasteiger partial charge >= 0.3 is 39.5 Å². The molecule has 0 aliphatic rings. The van der Waals surface area contributed by atoms with Crippen LogP contribution in [0.25, 0.3) is 0 Å². The lowest BCUT2D eigenvalue weighted by Crippen LogP contribution is -2.30. The number of carbonyl (C=O) groups is 4. The standard InChI is InChI=1S/C63H122O17P2/c1-7-10-12-14-15-23-27-35-41-47-62(67)79-58(51-73-60(65)45-39-31-13-11-8-2)53-77-81(69,70)75-49-57(64)50-76-82(71,72)78-54-59(52-74-61(66)46-40-34-30-29-33-38-44-56(6)9-3)80-63(68)48-42-36-28-25-22-20-18-16-17-19-21-24-26-32-37-43-55(4)5/h55-59,64H,7-54H2,1-6H3,(H,69,70)(H,71,72)/t56?,57-,58+,59+/m0/s1. The molecule has 0 aliphatic heterocycles. The number of rotatable bonds is 62. The molecule has 0 radical (unpaired) electrons. The number of phosphoric acid groups is 2. The maximum atomic E-state index is 13.0. The summed E-state index contributed by atoms with van der Waals surface area (Å²) in [7, 11) is -9.87. The van der Waals surface area contributed by atoms with Crippen LogP contribution in [0.5, 0.6) is 0 Å². The summed E-state index contributed by atoms with van der Waals surface area (Å²) >= 11 is 0. The second-order valence-electron chi connectivity index (χ2n) is 23.5. The van der Waals surface area contributed by atoms with E-state index in [1.807, 2.05) is 0 Å². The normalized spacial score (nSPS) is 14.7. The zero-order chi connectivity index (χ0) is 60.8. The molecule has 0 aromatic heterocycles. The fraction of sp³-hybridized carbons (Fsp3) is 0.937. The minimum absolute atomic E-state index is 0.104. The molecule has 0 aromatic carbocycles. The summed E-state index contributed by atoms with van der Waals surface area (Å²) in [5, 5.41) is 10.5. The van der Waals surface area contributed by atoms with E-state index in [2.05, 4.69) is 41.5 Å². The minimum Gasteiger partial charge on any atom is -0.462 e. The summed E-state index contributed by atoms with van der Waals surface area (Å²) in [4.78, 5) is 71.8. The van der Waals surface area contributed by atoms with E-state index in [1.165, 1.54) is 116 Å². The SMILES string of the molecule is CCCCCCCCCCCC(=O)O[C@H](COC(=O)CCCCCCC)COP(=O)(O)OC[C@H](O)COP(=O)(O)OC[C@@H](COC(=O)CCCCCCCCC(C)CC)OC(=O)CCCCCCCCCCCCCCCCCC(C)C. The van der Waals surface area contributed by atoms with Crippen molar-refractivity contribution in [3.05, 3.63) is 0 Å². The van der Waals surface area contributed by atoms with Crippen LogP contribution in [0.1, 0.15) is 311 Å². The number of hydrogen-bond donors (Lipinski definition) is 3. The van der Waals surface area contributed by atoms with Gasteiger partial charge in [0.05, 0.1) is 26.4 Å². The zero-order valence-corrected chi connectivity index (χ0v) is 54.6. The molecular weight excluding hydrogens is 1090 g/mol. The third-order valence-corrected chi connectivity index (χ3v) is 16.7. The highest BCUT2D eigenvalue weighted by Gasteiger charge is 2.30. The minimum atomic E-state index is -4.94. The van der Waals surface area contributed by atoms with Gasteiger partial charge in [0.1, 0.15) is 19.3 Å². The molecule has 6 atom stereocenters. The van der Waals surface area contributed by atoms with E-state index in [1.54, 1.807) is 0 Å². The molecule has 3 unspecified atom stereocenters. The molecule has 0 aliphatic carbocycles. The smallest absolute Gasteiger partial charge is 0.462 e. The van der Waals surface area contributed by atoms with Crippen molar-refractivity contribution < 1.29 is 80.2 Å². The van der Waals surface area contributed by atoms with Crippen LogP contribution in [0, 0.1) is 11.8 Å². The number of carbonyl (C=O) groups excluding carboxylic acids is 4. The molecule has 0 aromatic rings. The number of aliphatic hydroxyl groups is 1. The highest BCUT2D eigenvalue weighted by molar-refractivity contribution is 7.47. The zero-order valence-electron chi connectivity index (χ0n) is 52.8. The molecule has 0 bridgehead atoms. The van der Waals surface area contributed by atoms with Gasteiger partial charge in [-0.3, -0.25) is 37.3 Å². The van der Waals surface area contributed by atoms with Gasteiger partial charge in [-0.05, 0) is 37.5 Å². The lowest BCUT2D eigenvalue weighted by Gasteiger charge is -2.21. The van der Waals surface area contributed by atoms with Crippen LogP contribution in [-0.4, -0.2) is 96.7 Å². The van der Waals surface area contributed by atoms with E-state index in [0.717, 1.165) is 115 Å². The number of hydrogen-bond acceptors (Lipinski definition) is 15. The maximum absolute atomic E-state index is 13.0. The van der Waals surface area contributed by atoms with Crippen molar-refractivity contribution >= 4 is 39.5 Å². The molecule has 486 valence electrons. The lowest BCUT2D eigenvalue weighted by molar-refractivity contribution is -0.161. The van der Waals surface area contributed by atoms with Crippen molar-refractivity contribution in [1.29, 1.82) is 0 Å². The summed E-state index contributed by atoms with van der Waals surface area (Å²) in [5.41, 5.74) is 0. The molecule has 0 saturated heterocycles. The summed E-state index contributed by atoms with van der Waals surface area (Å²) in [6, 6.07) is 0. The Labute approximate surface area is 498 Å². The Hall–Kier alpha value is -1.94. The van der Waals surface area contributed by atoms with Crippen molar-refractivity contribution in [1.82, 2.24) is 0 Å². The van der Waals surface area contributed by atoms with Gasteiger partial charge in [0.25, 0.3) is 0 Å². The first-order chi connectivity index (χ1) is 39.4. The number of phosphoric ester groups is 2. The van der Waals surface area contributed by atoms with Crippen molar-refractivity contribution in [2.75, 3.05) is 39.6 Å². The molecule has 0 heterocycles. The summed E-state index contributed by atoms with van der Waals surface area (Å²) < 4.78 is 67.7. The van der Waals surface area contributed by atoms with Crippen LogP contribution >= 0.6 is 15.6 Å². The summed E-state index contributed by atoms with van der Waals surface area (Å²) in [6.45, 7) is 9.37. The molecule has 19 heteroatoms. The first kappa shape index (κ1) is 80.1. The average Bonchev–Trinajstić information content (AvgIpc) is 3.44. The third-order valence-electron chi connectivity index (χ3n) is 14.8. The predicted octanol–water partition coefficient (Wildman–Crippen LogP) is 17.3. The van der Waals surface area contributed by atoms with Crippen LogP contribution in [0.3, 0.4) is 0 Å². The van der Waals surface area contributed by atoms with Gasteiger partial charge in [0, 0.05) is 25.7 Å². The quantitative estimate of drug-likeness (QED) is 0.0222. The van der Waals surface area contributed by atoms with Gasteiger partial charge in [-0.2, -0.15) is 0 Å². The molecule has 0 spiro atoms. The second kappa shape index (κ2) is 55.6. The van der Waals surface area contributed by atoms with Crippen LogP contribution < -0.4 is 0 Å². The summed E-state index contributed by atoms with van der Waals surface area (Å²) in [6.07, 6.45) is 38.0. The number of ether oxygens (including phenoxy) is 4. The molecule has 82 heavy (non-hydrogen) atoms. The predicted molar refractivity (Wildman–Crippen MR) is 326 cm³/mol. The van der Waals surface area contributed by atoms with Crippen LogP contribution in [0.15, 0.2) is 0 Å². The van der Waals surface area contributed by atoms with Crippen molar-refractivity contribution in [2.24, 2.45) is 11.8 Å². The first-order valence-corrected chi connectivity index (χ1v) is 36.0. The number of unbranched alkanes of at least 4 members (excludes halogenated alkanes) is 31. The third kappa shape index (κ3) is 55.9. The van der Waals surface area contributed by atoms with E-state index in [4.69, 9.17) is 37.0 Å². The highest BCUT2D eigenvalue weighted by Crippen LogP contribution is 2.45. The number of esters is 4. The van der Waals surface area contributed by atoms with Crippen LogP contribution in [0.2, 0.25) is 0 Å². The van der Waals surface area contributed by atoms with E-state index in [9.17, 15) is 43.2 Å². The molecule has 0 amide bonds. The Balaban J connectivity index is 5.13. The topological polar surface area (TPSA) is 237 Å². The fourth-order valence-electron chi connectivity index (χ4n) is 9.32. The van der Waals surface area contributed by atoms with Gasteiger partial charge in [-0.15, -0.1) is 0 Å². The largest absolute Gasteiger partial charge is 0.472 e. The Morgan fingerprint density at radius 2 is 0.622 bits per heavy atom. The average molecular weight is 1210 g/mol. The Morgan fingerprint density at radius 3 is 0.927 bits per heavy atom.